The Morgan fingerprint density at radius 1 is 1.16 bits per heavy atom. The summed E-state index contributed by atoms with van der Waals surface area (Å²) in [6.07, 6.45) is 0. The van der Waals surface area contributed by atoms with Crippen molar-refractivity contribution in [3.05, 3.63) is 70.0 Å². The molecule has 0 saturated carbocycles. The Bertz CT molecular complexity index is 880. The van der Waals surface area contributed by atoms with Gasteiger partial charge in [0.15, 0.2) is 9.84 Å². The van der Waals surface area contributed by atoms with Crippen molar-refractivity contribution in [3.8, 4) is 0 Å². The fourth-order valence-corrected chi connectivity index (χ4v) is 3.33. The number of non-ortho nitro benzene ring substituents is 1. The molecule has 7 nitrogen and oxygen atoms in total. The van der Waals surface area contributed by atoms with Gasteiger partial charge in [-0.3, -0.25) is 14.9 Å². The van der Waals surface area contributed by atoms with E-state index in [2.05, 4.69) is 5.32 Å². The van der Waals surface area contributed by atoms with Crippen LogP contribution < -0.4 is 5.32 Å². The van der Waals surface area contributed by atoms with Crippen LogP contribution in [0, 0.1) is 15.9 Å². The number of hydrogen-bond acceptors (Lipinski definition) is 5. The molecule has 2 aromatic carbocycles. The van der Waals surface area contributed by atoms with Crippen LogP contribution in [-0.4, -0.2) is 24.5 Å². The normalized spacial score (nSPS) is 12.4. The lowest BCUT2D eigenvalue weighted by Gasteiger charge is -2.13. The SMILES string of the molecule is C[C@@H](C(=O)NCc1ccc(F)cc1)S(=O)(=O)c1ccc([N+](=O)[O-])cc1. The van der Waals surface area contributed by atoms with Crippen molar-refractivity contribution >= 4 is 21.4 Å². The number of carbonyl (C=O) groups excluding carboxylic acids is 1. The predicted octanol–water partition coefficient (Wildman–Crippen LogP) is 2.21. The number of sulfone groups is 1. The number of amides is 1. The molecule has 132 valence electrons. The van der Waals surface area contributed by atoms with E-state index in [1.54, 1.807) is 0 Å². The number of hydrogen-bond donors (Lipinski definition) is 1. The van der Waals surface area contributed by atoms with Crippen LogP contribution in [0.25, 0.3) is 0 Å². The zero-order valence-electron chi connectivity index (χ0n) is 13.2. The summed E-state index contributed by atoms with van der Waals surface area (Å²) in [4.78, 5) is 21.9. The van der Waals surface area contributed by atoms with Crippen LogP contribution in [0.1, 0.15) is 12.5 Å². The van der Waals surface area contributed by atoms with Crippen molar-refractivity contribution in [1.29, 1.82) is 0 Å². The second-order valence-electron chi connectivity index (χ2n) is 5.28. The zero-order chi connectivity index (χ0) is 18.6. The van der Waals surface area contributed by atoms with Crippen molar-refractivity contribution in [1.82, 2.24) is 5.32 Å². The van der Waals surface area contributed by atoms with E-state index in [1.807, 2.05) is 0 Å². The summed E-state index contributed by atoms with van der Waals surface area (Å²) in [6, 6.07) is 9.74. The number of rotatable bonds is 6. The van der Waals surface area contributed by atoms with Gasteiger partial charge in [-0.25, -0.2) is 12.8 Å². The first-order chi connectivity index (χ1) is 11.7. The molecule has 0 fully saturated rings. The summed E-state index contributed by atoms with van der Waals surface area (Å²) in [5.41, 5.74) is 0.377. The number of nitrogens with zero attached hydrogens (tertiary/aromatic N) is 1. The lowest BCUT2D eigenvalue weighted by atomic mass is 10.2. The van der Waals surface area contributed by atoms with Gasteiger partial charge < -0.3 is 5.32 Å². The summed E-state index contributed by atoms with van der Waals surface area (Å²) in [5.74, 6) is -1.13. The first kappa shape index (κ1) is 18.5. The van der Waals surface area contributed by atoms with E-state index in [-0.39, 0.29) is 17.1 Å². The van der Waals surface area contributed by atoms with E-state index in [0.29, 0.717) is 5.56 Å². The molecule has 0 aliphatic rings. The van der Waals surface area contributed by atoms with Crippen LogP contribution in [0.2, 0.25) is 0 Å². The van der Waals surface area contributed by atoms with Crippen molar-refractivity contribution < 1.29 is 22.5 Å². The maximum absolute atomic E-state index is 12.8. The van der Waals surface area contributed by atoms with E-state index < -0.39 is 31.7 Å². The first-order valence-electron chi connectivity index (χ1n) is 7.22. The number of nitro groups is 1. The van der Waals surface area contributed by atoms with Gasteiger partial charge in [-0.05, 0) is 36.8 Å². The first-order valence-corrected chi connectivity index (χ1v) is 8.77. The van der Waals surface area contributed by atoms with Crippen molar-refractivity contribution in [2.45, 2.75) is 23.6 Å². The number of benzene rings is 2. The number of nitrogens with one attached hydrogen (secondary N) is 1. The molecular weight excluding hydrogens is 351 g/mol. The molecule has 1 amide bonds. The molecule has 0 radical (unpaired) electrons. The average molecular weight is 366 g/mol. The Kier molecular flexibility index (Phi) is 5.48. The topological polar surface area (TPSA) is 106 Å². The van der Waals surface area contributed by atoms with E-state index in [0.717, 1.165) is 24.3 Å². The summed E-state index contributed by atoms with van der Waals surface area (Å²) in [5, 5.41) is 11.7. The highest BCUT2D eigenvalue weighted by atomic mass is 32.2. The Hall–Kier alpha value is -2.81. The molecule has 0 aliphatic carbocycles. The van der Waals surface area contributed by atoms with Gasteiger partial charge >= 0.3 is 0 Å². The Morgan fingerprint density at radius 2 is 1.72 bits per heavy atom. The van der Waals surface area contributed by atoms with Gasteiger partial charge in [0, 0.05) is 18.7 Å². The number of nitro benzene ring substituents is 1. The standard InChI is InChI=1S/C16H15FN2O5S/c1-11(16(20)18-10-12-2-4-13(17)5-3-12)25(23,24)15-8-6-14(7-9-15)19(21)22/h2-9,11H,10H2,1H3,(H,18,20)/t11-/m0/s1. The third-order valence-electron chi connectivity index (χ3n) is 3.59. The van der Waals surface area contributed by atoms with Crippen LogP contribution in [0.3, 0.4) is 0 Å². The lowest BCUT2D eigenvalue weighted by molar-refractivity contribution is -0.384. The molecule has 0 aromatic heterocycles. The Labute approximate surface area is 143 Å². The predicted molar refractivity (Wildman–Crippen MR) is 88.0 cm³/mol. The molecule has 0 unspecified atom stereocenters. The van der Waals surface area contributed by atoms with Crippen LogP contribution >= 0.6 is 0 Å². The van der Waals surface area contributed by atoms with Gasteiger partial charge in [0.2, 0.25) is 5.91 Å². The van der Waals surface area contributed by atoms with Crippen LogP contribution in [-0.2, 0) is 21.2 Å². The van der Waals surface area contributed by atoms with E-state index in [1.165, 1.54) is 31.2 Å². The maximum atomic E-state index is 12.8. The minimum Gasteiger partial charge on any atom is -0.351 e. The number of carbonyl (C=O) groups is 1. The number of halogens is 1. The van der Waals surface area contributed by atoms with Gasteiger partial charge in [0.1, 0.15) is 11.1 Å². The third kappa shape index (κ3) is 4.38. The molecule has 2 rings (SSSR count). The highest BCUT2D eigenvalue weighted by molar-refractivity contribution is 7.92. The van der Waals surface area contributed by atoms with Crippen molar-refractivity contribution in [3.63, 3.8) is 0 Å². The second kappa shape index (κ2) is 7.39. The lowest BCUT2D eigenvalue weighted by Crippen LogP contribution is -2.37. The molecule has 0 heterocycles. The molecule has 0 aliphatic heterocycles. The monoisotopic (exact) mass is 366 g/mol. The molecule has 0 bridgehead atoms. The molecule has 9 heteroatoms. The maximum Gasteiger partial charge on any atom is 0.269 e. The fourth-order valence-electron chi connectivity index (χ4n) is 2.04. The van der Waals surface area contributed by atoms with Crippen LogP contribution in [0.15, 0.2) is 53.4 Å². The minimum atomic E-state index is -3.99. The summed E-state index contributed by atoms with van der Waals surface area (Å²) < 4.78 is 37.7. The van der Waals surface area contributed by atoms with Gasteiger partial charge in [-0.15, -0.1) is 0 Å². The second-order valence-corrected chi connectivity index (χ2v) is 7.55. The van der Waals surface area contributed by atoms with E-state index in [4.69, 9.17) is 0 Å². The molecule has 1 N–H and O–H groups in total. The molecule has 25 heavy (non-hydrogen) atoms. The van der Waals surface area contributed by atoms with Gasteiger partial charge in [0.25, 0.3) is 5.69 Å². The Balaban J connectivity index is 2.08. The fraction of sp³-hybridized carbons (Fsp3) is 0.188. The quantitative estimate of drug-likeness (QED) is 0.623. The minimum absolute atomic E-state index is 0.0548. The summed E-state index contributed by atoms with van der Waals surface area (Å²) >= 11 is 0. The van der Waals surface area contributed by atoms with Crippen LogP contribution in [0.4, 0.5) is 10.1 Å². The molecule has 0 saturated heterocycles. The summed E-state index contributed by atoms with van der Waals surface area (Å²) in [7, 11) is -3.99. The van der Waals surface area contributed by atoms with E-state index in [9.17, 15) is 27.7 Å². The van der Waals surface area contributed by atoms with Gasteiger partial charge in [-0.2, -0.15) is 0 Å². The van der Waals surface area contributed by atoms with Crippen LogP contribution in [0.5, 0.6) is 0 Å². The highest BCUT2D eigenvalue weighted by Gasteiger charge is 2.29. The molecule has 0 spiro atoms. The highest BCUT2D eigenvalue weighted by Crippen LogP contribution is 2.20. The van der Waals surface area contributed by atoms with Crippen molar-refractivity contribution in [2.24, 2.45) is 0 Å². The summed E-state index contributed by atoms with van der Waals surface area (Å²) in [6.45, 7) is 1.29. The average Bonchev–Trinajstić information content (AvgIpc) is 2.60. The molecule has 1 atom stereocenters. The zero-order valence-corrected chi connectivity index (χ0v) is 14.0. The van der Waals surface area contributed by atoms with E-state index >= 15 is 0 Å². The van der Waals surface area contributed by atoms with Gasteiger partial charge in [-0.1, -0.05) is 12.1 Å². The largest absolute Gasteiger partial charge is 0.351 e. The van der Waals surface area contributed by atoms with Gasteiger partial charge in [0.05, 0.1) is 9.82 Å². The molecular formula is C16H15FN2O5S. The third-order valence-corrected chi connectivity index (χ3v) is 5.66. The van der Waals surface area contributed by atoms with Crippen molar-refractivity contribution in [2.75, 3.05) is 0 Å². The Morgan fingerprint density at radius 3 is 2.24 bits per heavy atom. The molecule has 2 aromatic rings. The smallest absolute Gasteiger partial charge is 0.269 e.